The summed E-state index contributed by atoms with van der Waals surface area (Å²) in [4.78, 5) is 26.3. The number of carbonyl (C=O) groups excluding carboxylic acids is 2. The van der Waals surface area contributed by atoms with Crippen molar-refractivity contribution in [2.75, 3.05) is 6.61 Å². The second-order valence-electron chi connectivity index (χ2n) is 13.3. The van der Waals surface area contributed by atoms with Crippen LogP contribution < -0.4 is 19.2 Å². The van der Waals surface area contributed by atoms with E-state index in [1.54, 1.807) is 84.9 Å². The molecular weight excluding hydrogens is 674 g/mol. The van der Waals surface area contributed by atoms with Crippen LogP contribution in [0.1, 0.15) is 59.6 Å². The van der Waals surface area contributed by atoms with E-state index in [-0.39, 0.29) is 19.6 Å². The number of esters is 2. The molecule has 10 nitrogen and oxygen atoms in total. The summed E-state index contributed by atoms with van der Waals surface area (Å²) < 4.78 is 52.0. The third-order valence-electron chi connectivity index (χ3n) is 8.02. The lowest BCUT2D eigenvalue weighted by atomic mass is 9.98. The first kappa shape index (κ1) is 38.9. The molecule has 4 atom stereocenters. The Morgan fingerprint density at radius 2 is 1.34 bits per heavy atom. The highest BCUT2D eigenvalue weighted by Gasteiger charge is 2.42. The zero-order valence-electron chi connectivity index (χ0n) is 29.8. The summed E-state index contributed by atoms with van der Waals surface area (Å²) in [5.41, 5.74) is 1.13. The quantitative estimate of drug-likeness (QED) is 0.0856. The number of para-hydroxylation sites is 1. The summed E-state index contributed by atoms with van der Waals surface area (Å²) in [5, 5.41) is 6.46. The fraction of sp³-hybridized carbons (Fsp3) is 0.368. The van der Waals surface area contributed by atoms with Crippen LogP contribution in [0.3, 0.4) is 0 Å². The Morgan fingerprint density at radius 3 is 1.96 bits per heavy atom. The van der Waals surface area contributed by atoms with Gasteiger partial charge in [-0.15, -0.1) is 0 Å². The second-order valence-corrected chi connectivity index (χ2v) is 18.8. The molecule has 0 saturated heterocycles. The van der Waals surface area contributed by atoms with E-state index in [0.29, 0.717) is 16.9 Å². The Hall–Kier alpha value is -3.94. The lowest BCUT2D eigenvalue weighted by Gasteiger charge is -2.33. The molecule has 4 rings (SSSR count). The highest BCUT2D eigenvalue weighted by molar-refractivity contribution is 7.59. The van der Waals surface area contributed by atoms with E-state index in [1.807, 2.05) is 60.7 Å². The SMILES string of the molecule is CCOC(=O)[C@H](Cc1cccc2c(OP(=O)(N[C@@H](C)C(=O)OCc3ccccc3)C(C)(C)C)cccc12)NP(=O)(Oc1ccccc1)C(C)C. The van der Waals surface area contributed by atoms with Crippen LogP contribution in [0, 0.1) is 0 Å². The number of hydrogen-bond donors (Lipinski definition) is 2. The van der Waals surface area contributed by atoms with Crippen LogP contribution in [0.4, 0.5) is 0 Å². The first-order chi connectivity index (χ1) is 23.7. The van der Waals surface area contributed by atoms with Crippen LogP contribution in [0.2, 0.25) is 0 Å². The molecule has 0 spiro atoms. The molecule has 12 heteroatoms. The third kappa shape index (κ3) is 9.85. The van der Waals surface area contributed by atoms with Gasteiger partial charge in [-0.2, -0.15) is 0 Å². The van der Waals surface area contributed by atoms with Gasteiger partial charge in [0.15, 0.2) is 0 Å². The highest BCUT2D eigenvalue weighted by Crippen LogP contribution is 2.56. The van der Waals surface area contributed by atoms with Gasteiger partial charge in [-0.1, -0.05) is 92.7 Å². The number of ether oxygens (including phenoxy) is 2. The molecule has 4 aromatic carbocycles. The first-order valence-electron chi connectivity index (χ1n) is 16.7. The minimum absolute atomic E-state index is 0.0884. The predicted molar refractivity (Wildman–Crippen MR) is 198 cm³/mol. The summed E-state index contributed by atoms with van der Waals surface area (Å²) in [7, 11) is -7.37. The second kappa shape index (κ2) is 16.8. The van der Waals surface area contributed by atoms with Gasteiger partial charge in [0.2, 0.25) is 0 Å². The summed E-state index contributed by atoms with van der Waals surface area (Å²) in [6.07, 6.45) is 0.119. The van der Waals surface area contributed by atoms with Gasteiger partial charge in [-0.05, 0) is 75.8 Å². The zero-order chi connectivity index (χ0) is 36.5. The van der Waals surface area contributed by atoms with Crippen molar-refractivity contribution >= 4 is 37.8 Å². The lowest BCUT2D eigenvalue weighted by molar-refractivity contribution is -0.146. The summed E-state index contributed by atoms with van der Waals surface area (Å²) in [6, 6.07) is 27.1. The van der Waals surface area contributed by atoms with Crippen LogP contribution in [-0.4, -0.2) is 41.4 Å². The van der Waals surface area contributed by atoms with Crippen LogP contribution in [0.5, 0.6) is 11.5 Å². The van der Waals surface area contributed by atoms with Gasteiger partial charge in [-0.3, -0.25) is 18.7 Å². The Morgan fingerprint density at radius 1 is 0.720 bits per heavy atom. The number of benzene rings is 4. The maximum atomic E-state index is 14.6. The molecule has 50 heavy (non-hydrogen) atoms. The van der Waals surface area contributed by atoms with Gasteiger partial charge in [-0.25, -0.2) is 10.2 Å². The van der Waals surface area contributed by atoms with Crippen molar-refractivity contribution in [1.82, 2.24) is 10.2 Å². The van der Waals surface area contributed by atoms with Crippen LogP contribution in [-0.2, 0) is 41.2 Å². The standard InChI is InChI=1S/C38H48N2O8P2/c1-8-45-37(42)34(40-49(43,27(2)3)47-31-20-13-10-14-21-31)25-30-19-15-23-33-32(30)22-16-24-35(33)48-50(44,38(5,6)7)39-28(4)36(41)46-26-29-17-11-9-12-18-29/h9-24,27-28,34H,8,25-26H2,1-7H3,(H,39,44)(H,40,43)/t28-,34-,49?,50?/m0/s1. The molecule has 0 saturated carbocycles. The van der Waals surface area contributed by atoms with Crippen LogP contribution in [0.25, 0.3) is 10.8 Å². The van der Waals surface area contributed by atoms with E-state index < -0.39 is 49.9 Å². The fourth-order valence-corrected chi connectivity index (χ4v) is 8.43. The van der Waals surface area contributed by atoms with Gasteiger partial charge in [0.1, 0.15) is 30.2 Å². The molecule has 4 aromatic rings. The van der Waals surface area contributed by atoms with Crippen molar-refractivity contribution < 1.29 is 37.2 Å². The molecule has 0 aliphatic carbocycles. The Bertz CT molecular complexity index is 1840. The van der Waals surface area contributed by atoms with E-state index in [0.717, 1.165) is 16.5 Å². The minimum atomic E-state index is -3.77. The molecule has 0 radical (unpaired) electrons. The summed E-state index contributed by atoms with van der Waals surface area (Å²) >= 11 is 0. The third-order valence-corrected chi connectivity index (χ3v) is 13.5. The Balaban J connectivity index is 1.62. The van der Waals surface area contributed by atoms with E-state index in [1.165, 1.54) is 0 Å². The molecule has 0 heterocycles. The van der Waals surface area contributed by atoms with Crippen LogP contribution in [0.15, 0.2) is 97.1 Å². The molecule has 0 amide bonds. The number of fused-ring (bicyclic) bond motifs is 1. The molecule has 2 N–H and O–H groups in total. The van der Waals surface area contributed by atoms with Gasteiger partial charge in [0.25, 0.3) is 0 Å². The maximum absolute atomic E-state index is 14.6. The molecular formula is C38H48N2O8P2. The van der Waals surface area contributed by atoms with Crippen molar-refractivity contribution in [3.8, 4) is 11.5 Å². The minimum Gasteiger partial charge on any atom is -0.465 e. The fourth-order valence-electron chi connectivity index (χ4n) is 5.04. The predicted octanol–water partition coefficient (Wildman–Crippen LogP) is 8.68. The van der Waals surface area contributed by atoms with Gasteiger partial charge in [0.05, 0.1) is 17.4 Å². The molecule has 2 unspecified atom stereocenters. The monoisotopic (exact) mass is 722 g/mol. The molecule has 0 aromatic heterocycles. The van der Waals surface area contributed by atoms with Crippen LogP contribution >= 0.6 is 15.0 Å². The van der Waals surface area contributed by atoms with E-state index in [4.69, 9.17) is 18.5 Å². The number of rotatable bonds is 16. The normalized spacial score (nSPS) is 15.4. The van der Waals surface area contributed by atoms with E-state index in [9.17, 15) is 18.7 Å². The van der Waals surface area contributed by atoms with E-state index in [2.05, 4.69) is 10.2 Å². The molecule has 0 aliphatic rings. The maximum Gasteiger partial charge on any atom is 0.323 e. The van der Waals surface area contributed by atoms with Crippen molar-refractivity contribution in [1.29, 1.82) is 0 Å². The van der Waals surface area contributed by atoms with Crippen molar-refractivity contribution in [3.63, 3.8) is 0 Å². The van der Waals surface area contributed by atoms with Crippen molar-refractivity contribution in [2.24, 2.45) is 0 Å². The first-order valence-corrected chi connectivity index (χ1v) is 20.0. The largest absolute Gasteiger partial charge is 0.465 e. The summed E-state index contributed by atoms with van der Waals surface area (Å²) in [6.45, 7) is 12.4. The number of carbonyl (C=O) groups is 2. The Labute approximate surface area is 295 Å². The molecule has 268 valence electrons. The van der Waals surface area contributed by atoms with Gasteiger partial charge in [0, 0.05) is 5.39 Å². The molecule has 0 fully saturated rings. The van der Waals surface area contributed by atoms with Gasteiger partial charge >= 0.3 is 27.0 Å². The zero-order valence-corrected chi connectivity index (χ0v) is 31.5. The highest BCUT2D eigenvalue weighted by atomic mass is 31.2. The lowest BCUT2D eigenvalue weighted by Crippen LogP contribution is -2.40. The van der Waals surface area contributed by atoms with Crippen molar-refractivity contribution in [3.05, 3.63) is 108 Å². The average Bonchev–Trinajstić information content (AvgIpc) is 3.07. The average molecular weight is 723 g/mol. The van der Waals surface area contributed by atoms with Gasteiger partial charge < -0.3 is 18.5 Å². The van der Waals surface area contributed by atoms with Crippen molar-refractivity contribution in [2.45, 2.75) is 84.4 Å². The topological polar surface area (TPSA) is 129 Å². The number of hydrogen-bond acceptors (Lipinski definition) is 8. The molecule has 0 aliphatic heterocycles. The van der Waals surface area contributed by atoms with E-state index >= 15 is 0 Å². The number of nitrogens with one attached hydrogen (secondary N) is 2. The summed E-state index contributed by atoms with van der Waals surface area (Å²) in [5.74, 6) is -0.373. The molecule has 0 bridgehead atoms. The smallest absolute Gasteiger partial charge is 0.323 e. The Kier molecular flexibility index (Phi) is 13.1.